The number of rotatable bonds is 4. The van der Waals surface area contributed by atoms with Crippen LogP contribution in [-0.2, 0) is 16.5 Å². The van der Waals surface area contributed by atoms with Gasteiger partial charge in [-0.2, -0.15) is 8.42 Å². The van der Waals surface area contributed by atoms with E-state index in [9.17, 15) is 13.0 Å². The second-order valence-corrected chi connectivity index (χ2v) is 5.73. The number of aryl methyl sites for hydroxylation is 1. The predicted molar refractivity (Wildman–Crippen MR) is 72.4 cm³/mol. The number of hydrogen-bond acceptors (Lipinski definition) is 2. The number of benzene rings is 2. The Morgan fingerprint density at radius 1 is 1.11 bits per heavy atom. The van der Waals surface area contributed by atoms with Gasteiger partial charge >= 0.3 is 29.6 Å². The Kier molecular flexibility index (Phi) is 6.02. The van der Waals surface area contributed by atoms with Crippen LogP contribution in [0.1, 0.15) is 25.3 Å². The number of hydrogen-bond donors (Lipinski definition) is 1. The van der Waals surface area contributed by atoms with E-state index in [0.29, 0.717) is 6.42 Å². The maximum absolute atomic E-state index is 11.4. The Balaban J connectivity index is 0.00000180. The molecule has 0 aliphatic carbocycles. The molecule has 3 nitrogen and oxygen atoms in total. The average Bonchev–Trinajstić information content (AvgIpc) is 2.34. The smallest absolute Gasteiger partial charge is 0.282 e. The maximum Gasteiger partial charge on any atom is 1.00 e. The van der Waals surface area contributed by atoms with E-state index in [1.807, 2.05) is 24.3 Å². The standard InChI is InChI=1S/C14H16O3S.Na/c1-2-3-7-13-12-8-5-4-6-11(12)9-10-14(13)18(15,16)17;/h4-6,8-10H,2-3,7H2,1H3,(H,15,16,17);/q;+1. The van der Waals surface area contributed by atoms with Crippen LogP contribution in [0.4, 0.5) is 0 Å². The van der Waals surface area contributed by atoms with Gasteiger partial charge in [-0.15, -0.1) is 0 Å². The minimum atomic E-state index is -4.16. The molecule has 0 spiro atoms. The molecule has 0 saturated heterocycles. The molecule has 0 heterocycles. The Morgan fingerprint density at radius 2 is 1.79 bits per heavy atom. The van der Waals surface area contributed by atoms with E-state index in [0.717, 1.165) is 29.2 Å². The van der Waals surface area contributed by atoms with E-state index >= 15 is 0 Å². The number of fused-ring (bicyclic) bond motifs is 1. The fourth-order valence-corrected chi connectivity index (χ4v) is 2.93. The van der Waals surface area contributed by atoms with E-state index in [-0.39, 0.29) is 34.5 Å². The first-order valence-corrected chi connectivity index (χ1v) is 7.46. The normalized spacial score (nSPS) is 11.3. The van der Waals surface area contributed by atoms with Gasteiger partial charge in [-0.25, -0.2) is 0 Å². The van der Waals surface area contributed by atoms with Crippen molar-refractivity contribution < 1.29 is 42.5 Å². The van der Waals surface area contributed by atoms with Crippen LogP contribution in [0.25, 0.3) is 10.8 Å². The van der Waals surface area contributed by atoms with Crippen LogP contribution in [0.5, 0.6) is 0 Å². The summed E-state index contributed by atoms with van der Waals surface area (Å²) in [6.45, 7) is 2.05. The molecule has 0 fully saturated rings. The summed E-state index contributed by atoms with van der Waals surface area (Å²) >= 11 is 0. The summed E-state index contributed by atoms with van der Waals surface area (Å²) in [5.74, 6) is 0. The van der Waals surface area contributed by atoms with Crippen LogP contribution >= 0.6 is 0 Å². The van der Waals surface area contributed by atoms with Crippen molar-refractivity contribution in [1.82, 2.24) is 0 Å². The van der Waals surface area contributed by atoms with Gasteiger partial charge in [-0.3, -0.25) is 4.55 Å². The molecule has 0 radical (unpaired) electrons. The third-order valence-electron chi connectivity index (χ3n) is 3.06. The largest absolute Gasteiger partial charge is 1.00 e. The van der Waals surface area contributed by atoms with Gasteiger partial charge in [-0.1, -0.05) is 43.7 Å². The van der Waals surface area contributed by atoms with E-state index in [1.54, 1.807) is 6.07 Å². The van der Waals surface area contributed by atoms with E-state index in [4.69, 9.17) is 0 Å². The minimum absolute atomic E-state index is 0. The Bertz CT molecular complexity index is 665. The fraction of sp³-hybridized carbons (Fsp3) is 0.286. The molecule has 0 aromatic heterocycles. The summed E-state index contributed by atoms with van der Waals surface area (Å²) < 4.78 is 32.1. The van der Waals surface area contributed by atoms with Crippen molar-refractivity contribution in [2.45, 2.75) is 31.1 Å². The van der Waals surface area contributed by atoms with Crippen LogP contribution in [-0.4, -0.2) is 13.0 Å². The number of unbranched alkanes of at least 4 members (excludes halogenated alkanes) is 1. The van der Waals surface area contributed by atoms with E-state index in [2.05, 4.69) is 6.92 Å². The van der Waals surface area contributed by atoms with E-state index < -0.39 is 10.1 Å². The van der Waals surface area contributed by atoms with Crippen molar-refractivity contribution in [2.24, 2.45) is 0 Å². The molecule has 2 aromatic carbocycles. The van der Waals surface area contributed by atoms with Crippen molar-refractivity contribution in [1.29, 1.82) is 0 Å². The molecule has 0 unspecified atom stereocenters. The molecular weight excluding hydrogens is 271 g/mol. The second-order valence-electron chi connectivity index (χ2n) is 4.34. The summed E-state index contributed by atoms with van der Waals surface area (Å²) in [5.41, 5.74) is 0.720. The molecule has 5 heteroatoms. The minimum Gasteiger partial charge on any atom is -0.282 e. The summed E-state index contributed by atoms with van der Waals surface area (Å²) in [6.07, 6.45) is 2.54. The molecule has 0 atom stereocenters. The third kappa shape index (κ3) is 3.80. The van der Waals surface area contributed by atoms with Gasteiger partial charge in [0.25, 0.3) is 10.1 Å². The first-order chi connectivity index (χ1) is 8.54. The quantitative estimate of drug-likeness (QED) is 0.655. The zero-order chi connectivity index (χ0) is 13.2. The van der Waals surface area contributed by atoms with Gasteiger partial charge in [0.05, 0.1) is 4.90 Å². The summed E-state index contributed by atoms with van der Waals surface area (Å²) in [7, 11) is -4.16. The SMILES string of the molecule is CCCCc1c(S(=O)(=O)O)ccc2ccccc12.[Na+]. The Hall–Kier alpha value is -0.390. The van der Waals surface area contributed by atoms with Gasteiger partial charge in [-0.05, 0) is 35.2 Å². The molecule has 96 valence electrons. The fourth-order valence-electron chi connectivity index (χ4n) is 2.17. The molecule has 0 saturated carbocycles. The molecule has 0 aliphatic heterocycles. The van der Waals surface area contributed by atoms with Crippen LogP contribution in [0.2, 0.25) is 0 Å². The topological polar surface area (TPSA) is 54.4 Å². The molecule has 2 rings (SSSR count). The summed E-state index contributed by atoms with van der Waals surface area (Å²) in [6, 6.07) is 10.9. The van der Waals surface area contributed by atoms with Gasteiger partial charge < -0.3 is 0 Å². The molecule has 1 N–H and O–H groups in total. The Labute approximate surface area is 136 Å². The maximum atomic E-state index is 11.4. The van der Waals surface area contributed by atoms with Crippen LogP contribution in [0, 0.1) is 0 Å². The zero-order valence-electron chi connectivity index (χ0n) is 11.3. The Morgan fingerprint density at radius 3 is 2.42 bits per heavy atom. The molecule has 0 amide bonds. The molecule has 19 heavy (non-hydrogen) atoms. The van der Waals surface area contributed by atoms with Crippen molar-refractivity contribution in [3.05, 3.63) is 42.0 Å². The molecular formula is C14H16NaO3S+. The predicted octanol–water partition coefficient (Wildman–Crippen LogP) is 0.433. The van der Waals surface area contributed by atoms with E-state index in [1.165, 1.54) is 6.07 Å². The molecule has 0 bridgehead atoms. The first-order valence-electron chi connectivity index (χ1n) is 6.02. The van der Waals surface area contributed by atoms with Gasteiger partial charge in [0.1, 0.15) is 0 Å². The third-order valence-corrected chi connectivity index (χ3v) is 3.99. The summed E-state index contributed by atoms with van der Waals surface area (Å²) in [4.78, 5) is 0.0367. The summed E-state index contributed by atoms with van der Waals surface area (Å²) in [5, 5.41) is 1.90. The van der Waals surface area contributed by atoms with Crippen molar-refractivity contribution in [3.63, 3.8) is 0 Å². The molecule has 2 aromatic rings. The van der Waals surface area contributed by atoms with Gasteiger partial charge in [0, 0.05) is 0 Å². The second kappa shape index (κ2) is 6.86. The monoisotopic (exact) mass is 287 g/mol. The first kappa shape index (κ1) is 16.7. The van der Waals surface area contributed by atoms with Crippen LogP contribution in [0.15, 0.2) is 41.3 Å². The average molecular weight is 287 g/mol. The van der Waals surface area contributed by atoms with Crippen molar-refractivity contribution in [3.8, 4) is 0 Å². The van der Waals surface area contributed by atoms with Crippen LogP contribution in [0.3, 0.4) is 0 Å². The van der Waals surface area contributed by atoms with Gasteiger partial charge in [0.2, 0.25) is 0 Å². The molecule has 0 aliphatic rings. The van der Waals surface area contributed by atoms with Crippen molar-refractivity contribution in [2.75, 3.05) is 0 Å². The van der Waals surface area contributed by atoms with Crippen molar-refractivity contribution >= 4 is 20.9 Å². The van der Waals surface area contributed by atoms with Crippen LogP contribution < -0.4 is 29.6 Å². The van der Waals surface area contributed by atoms with Gasteiger partial charge in [0.15, 0.2) is 0 Å². The zero-order valence-corrected chi connectivity index (χ0v) is 14.1.